The molecule has 1 amide bonds. The van der Waals surface area contributed by atoms with Crippen LogP contribution in [0.2, 0.25) is 0 Å². The fourth-order valence-electron chi connectivity index (χ4n) is 4.93. The number of anilines is 1. The molecule has 2 aliphatic rings. The highest BCUT2D eigenvalue weighted by atomic mass is 16.5. The van der Waals surface area contributed by atoms with E-state index in [0.29, 0.717) is 17.7 Å². The number of aromatic nitrogens is 2. The molecule has 2 aliphatic heterocycles. The molecule has 3 atom stereocenters. The van der Waals surface area contributed by atoms with E-state index in [1.54, 1.807) is 13.4 Å². The van der Waals surface area contributed by atoms with Crippen molar-refractivity contribution < 1.29 is 9.53 Å². The maximum atomic E-state index is 13.2. The average Bonchev–Trinajstić information content (AvgIpc) is 2.78. The molecular formula is C24H32N4O2. The molecule has 0 spiro atoms. The normalized spacial score (nSPS) is 24.6. The highest BCUT2D eigenvalue weighted by Crippen LogP contribution is 2.29. The van der Waals surface area contributed by atoms with Gasteiger partial charge in [-0.05, 0) is 55.4 Å². The second kappa shape index (κ2) is 9.02. The number of amides is 1. The summed E-state index contributed by atoms with van der Waals surface area (Å²) >= 11 is 0. The number of piperidine rings is 2. The molecule has 2 saturated heterocycles. The van der Waals surface area contributed by atoms with Crippen molar-refractivity contribution in [2.24, 2.45) is 17.8 Å². The molecule has 4 rings (SSSR count). The van der Waals surface area contributed by atoms with Gasteiger partial charge in [-0.25, -0.2) is 9.97 Å². The Bertz CT molecular complexity index is 860. The van der Waals surface area contributed by atoms with Crippen LogP contribution < -0.4 is 9.64 Å². The number of methoxy groups -OCH3 is 1. The summed E-state index contributed by atoms with van der Waals surface area (Å²) in [5.41, 5.74) is 1.91. The van der Waals surface area contributed by atoms with Gasteiger partial charge in [-0.2, -0.15) is 0 Å². The van der Waals surface area contributed by atoms with Crippen molar-refractivity contribution in [3.8, 4) is 17.0 Å². The van der Waals surface area contributed by atoms with E-state index < -0.39 is 0 Å². The lowest BCUT2D eigenvalue weighted by molar-refractivity contribution is -0.138. The monoisotopic (exact) mass is 408 g/mol. The number of ether oxygens (including phenoxy) is 1. The molecule has 30 heavy (non-hydrogen) atoms. The van der Waals surface area contributed by atoms with Gasteiger partial charge in [0.05, 0.1) is 18.7 Å². The van der Waals surface area contributed by atoms with Crippen LogP contribution in [0.3, 0.4) is 0 Å². The molecule has 6 heteroatoms. The molecule has 6 nitrogen and oxygen atoms in total. The molecule has 1 aromatic heterocycles. The second-order valence-electron chi connectivity index (χ2n) is 8.96. The lowest BCUT2D eigenvalue weighted by Gasteiger charge is -2.40. The summed E-state index contributed by atoms with van der Waals surface area (Å²) in [5.74, 6) is 3.27. The van der Waals surface area contributed by atoms with Gasteiger partial charge in [0.2, 0.25) is 5.91 Å². The van der Waals surface area contributed by atoms with E-state index in [1.807, 2.05) is 30.3 Å². The third-order valence-electron chi connectivity index (χ3n) is 6.31. The quantitative estimate of drug-likeness (QED) is 0.769. The van der Waals surface area contributed by atoms with Crippen LogP contribution in [-0.4, -0.2) is 54.1 Å². The van der Waals surface area contributed by atoms with Crippen LogP contribution in [0.15, 0.2) is 36.7 Å². The van der Waals surface area contributed by atoms with Crippen LogP contribution in [0, 0.1) is 17.8 Å². The van der Waals surface area contributed by atoms with E-state index in [9.17, 15) is 4.79 Å². The van der Waals surface area contributed by atoms with E-state index in [4.69, 9.17) is 4.74 Å². The zero-order valence-corrected chi connectivity index (χ0v) is 18.3. The molecule has 2 aromatic rings. The van der Waals surface area contributed by atoms with E-state index in [0.717, 1.165) is 61.8 Å². The van der Waals surface area contributed by atoms with Gasteiger partial charge in [0.25, 0.3) is 0 Å². The standard InChI is InChI=1S/C24H32N4O2/c1-17-11-18(2)14-28(13-17)24(29)20-5-4-10-27(15-20)23-12-22(25-16-26-23)19-6-8-21(30-3)9-7-19/h6-9,12,16-18,20H,4-5,10-11,13-15H2,1-3H3. The molecular weight excluding hydrogens is 376 g/mol. The Morgan fingerprint density at radius 2 is 1.80 bits per heavy atom. The molecule has 2 fully saturated rings. The maximum Gasteiger partial charge on any atom is 0.227 e. The summed E-state index contributed by atoms with van der Waals surface area (Å²) < 4.78 is 5.24. The first-order chi connectivity index (χ1) is 14.5. The molecule has 0 radical (unpaired) electrons. The first-order valence-corrected chi connectivity index (χ1v) is 11.0. The van der Waals surface area contributed by atoms with Crippen molar-refractivity contribution in [3.05, 3.63) is 36.7 Å². The van der Waals surface area contributed by atoms with Gasteiger partial charge in [0, 0.05) is 37.8 Å². The summed E-state index contributed by atoms with van der Waals surface area (Å²) in [5, 5.41) is 0. The van der Waals surface area contributed by atoms with Crippen molar-refractivity contribution in [2.45, 2.75) is 33.1 Å². The minimum Gasteiger partial charge on any atom is -0.497 e. The first kappa shape index (κ1) is 20.6. The Kier molecular flexibility index (Phi) is 6.21. The smallest absolute Gasteiger partial charge is 0.227 e. The first-order valence-electron chi connectivity index (χ1n) is 11.0. The van der Waals surface area contributed by atoms with Crippen LogP contribution in [0.1, 0.15) is 33.1 Å². The van der Waals surface area contributed by atoms with Gasteiger partial charge >= 0.3 is 0 Å². The summed E-state index contributed by atoms with van der Waals surface area (Å²) in [7, 11) is 1.66. The van der Waals surface area contributed by atoms with E-state index in [1.165, 1.54) is 6.42 Å². The van der Waals surface area contributed by atoms with Gasteiger partial charge in [-0.1, -0.05) is 13.8 Å². The average molecular weight is 409 g/mol. The molecule has 0 bridgehead atoms. The Morgan fingerprint density at radius 1 is 1.07 bits per heavy atom. The third kappa shape index (κ3) is 4.58. The number of rotatable bonds is 4. The number of benzene rings is 1. The van der Waals surface area contributed by atoms with Crippen molar-refractivity contribution in [1.29, 1.82) is 0 Å². The molecule has 160 valence electrons. The number of carbonyl (C=O) groups excluding carboxylic acids is 1. The maximum absolute atomic E-state index is 13.2. The number of nitrogens with zero attached hydrogens (tertiary/aromatic N) is 4. The van der Waals surface area contributed by atoms with E-state index >= 15 is 0 Å². The highest BCUT2D eigenvalue weighted by molar-refractivity contribution is 5.80. The van der Waals surface area contributed by atoms with Crippen molar-refractivity contribution in [2.75, 3.05) is 38.2 Å². The second-order valence-corrected chi connectivity index (χ2v) is 8.96. The molecule has 0 aliphatic carbocycles. The van der Waals surface area contributed by atoms with Gasteiger partial charge in [-0.15, -0.1) is 0 Å². The van der Waals surface area contributed by atoms with E-state index in [-0.39, 0.29) is 5.92 Å². The Balaban J connectivity index is 1.47. The van der Waals surface area contributed by atoms with Crippen LogP contribution in [-0.2, 0) is 4.79 Å². The predicted molar refractivity (Wildman–Crippen MR) is 118 cm³/mol. The van der Waals surface area contributed by atoms with Crippen molar-refractivity contribution in [1.82, 2.24) is 14.9 Å². The number of likely N-dealkylation sites (tertiary alicyclic amines) is 1. The fourth-order valence-corrected chi connectivity index (χ4v) is 4.93. The Labute approximate surface area is 179 Å². The van der Waals surface area contributed by atoms with Crippen LogP contribution in [0.5, 0.6) is 5.75 Å². The third-order valence-corrected chi connectivity index (χ3v) is 6.31. The van der Waals surface area contributed by atoms with Gasteiger partial charge < -0.3 is 14.5 Å². The number of hydrogen-bond acceptors (Lipinski definition) is 5. The summed E-state index contributed by atoms with van der Waals surface area (Å²) in [6, 6.07) is 9.92. The lowest BCUT2D eigenvalue weighted by atomic mass is 9.89. The molecule has 3 unspecified atom stereocenters. The van der Waals surface area contributed by atoms with Gasteiger partial charge in [0.15, 0.2) is 0 Å². The van der Waals surface area contributed by atoms with Gasteiger partial charge in [-0.3, -0.25) is 4.79 Å². The zero-order valence-electron chi connectivity index (χ0n) is 18.3. The van der Waals surface area contributed by atoms with Crippen LogP contribution >= 0.6 is 0 Å². The van der Waals surface area contributed by atoms with Crippen molar-refractivity contribution in [3.63, 3.8) is 0 Å². The fraction of sp³-hybridized carbons (Fsp3) is 0.542. The molecule has 0 N–H and O–H groups in total. The zero-order chi connectivity index (χ0) is 21.1. The number of hydrogen-bond donors (Lipinski definition) is 0. The van der Waals surface area contributed by atoms with Crippen molar-refractivity contribution >= 4 is 11.7 Å². The number of carbonyl (C=O) groups is 1. The Morgan fingerprint density at radius 3 is 2.50 bits per heavy atom. The van der Waals surface area contributed by atoms with Crippen LogP contribution in [0.4, 0.5) is 5.82 Å². The van der Waals surface area contributed by atoms with Crippen LogP contribution in [0.25, 0.3) is 11.3 Å². The van der Waals surface area contributed by atoms with Gasteiger partial charge in [0.1, 0.15) is 17.9 Å². The molecule has 1 aromatic carbocycles. The van der Waals surface area contributed by atoms with E-state index in [2.05, 4.69) is 33.6 Å². The largest absolute Gasteiger partial charge is 0.497 e. The topological polar surface area (TPSA) is 58.6 Å². The summed E-state index contributed by atoms with van der Waals surface area (Å²) in [4.78, 5) is 26.5. The predicted octanol–water partition coefficient (Wildman–Crippen LogP) is 3.87. The highest BCUT2D eigenvalue weighted by Gasteiger charge is 2.33. The summed E-state index contributed by atoms with van der Waals surface area (Å²) in [6.07, 6.45) is 4.81. The molecule has 0 saturated carbocycles. The minimum absolute atomic E-state index is 0.0515. The Hall–Kier alpha value is -2.63. The molecule has 3 heterocycles. The SMILES string of the molecule is COc1ccc(-c2cc(N3CCCC(C(=O)N4CC(C)CC(C)C4)C3)ncn2)cc1. The minimum atomic E-state index is 0.0515. The summed E-state index contributed by atoms with van der Waals surface area (Å²) in [6.45, 7) is 7.96. The lowest BCUT2D eigenvalue weighted by Crippen LogP contribution is -2.49.